The van der Waals surface area contributed by atoms with Crippen molar-refractivity contribution in [2.24, 2.45) is 0 Å². The molecule has 1 aliphatic heterocycles. The van der Waals surface area contributed by atoms with Crippen LogP contribution in [0.5, 0.6) is 0 Å². The maximum Gasteiger partial charge on any atom is 0.242 e. The number of rotatable bonds is 5. The van der Waals surface area contributed by atoms with Gasteiger partial charge in [0.15, 0.2) is 0 Å². The lowest BCUT2D eigenvalue weighted by molar-refractivity contribution is 0.175. The third kappa shape index (κ3) is 4.53. The second-order valence-corrected chi connectivity index (χ2v) is 7.77. The molecule has 0 bridgehead atoms. The summed E-state index contributed by atoms with van der Waals surface area (Å²) in [5.41, 5.74) is 0. The van der Waals surface area contributed by atoms with Crippen molar-refractivity contribution < 1.29 is 8.42 Å². The van der Waals surface area contributed by atoms with Gasteiger partial charge in [0, 0.05) is 18.8 Å². The molecule has 1 saturated heterocycles. The van der Waals surface area contributed by atoms with E-state index < -0.39 is 10.0 Å². The minimum Gasteiger partial charge on any atom is -0.299 e. The number of nitrogens with zero attached hydrogens (tertiary/aromatic N) is 2. The van der Waals surface area contributed by atoms with E-state index in [1.54, 1.807) is 0 Å². The maximum atomic E-state index is 12.2. The molecule has 0 saturated carbocycles. The summed E-state index contributed by atoms with van der Waals surface area (Å²) in [4.78, 5) is 6.10. The van der Waals surface area contributed by atoms with Gasteiger partial charge in [0.2, 0.25) is 10.0 Å². The Kier molecular flexibility index (Phi) is 5.85. The number of nitrogens with one attached hydrogen (secondary N) is 1. The van der Waals surface area contributed by atoms with Crippen molar-refractivity contribution in [1.29, 1.82) is 0 Å². The Hall–Kier alpha value is -0.400. The van der Waals surface area contributed by atoms with E-state index in [0.717, 1.165) is 13.1 Å². The highest BCUT2D eigenvalue weighted by atomic mass is 35.5. The van der Waals surface area contributed by atoms with E-state index in [1.807, 2.05) is 6.92 Å². The topological polar surface area (TPSA) is 62.3 Å². The Balaban J connectivity index is 1.98. The molecule has 1 aromatic rings. The Bertz CT molecular complexity index is 589. The highest BCUT2D eigenvalue weighted by molar-refractivity contribution is 7.89. The summed E-state index contributed by atoms with van der Waals surface area (Å²) in [5, 5.41) is 0.223. The summed E-state index contributed by atoms with van der Waals surface area (Å²) >= 11 is 11.5. The first kappa shape index (κ1) is 17.0. The van der Waals surface area contributed by atoms with Gasteiger partial charge in [-0.05, 0) is 38.9 Å². The number of pyridine rings is 1. The van der Waals surface area contributed by atoms with Crippen LogP contribution in [0.15, 0.2) is 17.2 Å². The van der Waals surface area contributed by atoms with Crippen molar-refractivity contribution >= 4 is 33.2 Å². The third-order valence-electron chi connectivity index (χ3n) is 3.66. The normalized spacial score (nSPS) is 18.6. The van der Waals surface area contributed by atoms with Gasteiger partial charge in [-0.1, -0.05) is 29.6 Å². The molecular formula is C13H19Cl2N3O2S. The smallest absolute Gasteiger partial charge is 0.242 e. The number of likely N-dealkylation sites (tertiary alicyclic amines) is 1. The zero-order valence-corrected chi connectivity index (χ0v) is 14.2. The average Bonchev–Trinajstić information content (AvgIpc) is 2.48. The molecule has 0 amide bonds. The summed E-state index contributed by atoms with van der Waals surface area (Å²) in [7, 11) is -3.62. The maximum absolute atomic E-state index is 12.2. The van der Waals surface area contributed by atoms with E-state index in [2.05, 4.69) is 14.6 Å². The van der Waals surface area contributed by atoms with Gasteiger partial charge < -0.3 is 0 Å². The summed E-state index contributed by atoms with van der Waals surface area (Å²) in [6, 6.07) is 1.47. The SMILES string of the molecule is CC(CNS(=O)(=O)c1cnc(Cl)c(Cl)c1)N1CCCCC1. The van der Waals surface area contributed by atoms with Crippen LogP contribution in [0, 0.1) is 0 Å². The fourth-order valence-electron chi connectivity index (χ4n) is 2.35. The van der Waals surface area contributed by atoms with E-state index in [0.29, 0.717) is 6.54 Å². The molecular weight excluding hydrogens is 333 g/mol. The Morgan fingerprint density at radius 1 is 1.33 bits per heavy atom. The van der Waals surface area contributed by atoms with Crippen LogP contribution in [0.25, 0.3) is 0 Å². The first-order chi connectivity index (χ1) is 9.90. The van der Waals surface area contributed by atoms with Crippen molar-refractivity contribution in [2.45, 2.75) is 37.1 Å². The van der Waals surface area contributed by atoms with Gasteiger partial charge in [-0.2, -0.15) is 0 Å². The number of sulfonamides is 1. The molecule has 1 N–H and O–H groups in total. The molecule has 1 aliphatic rings. The number of aromatic nitrogens is 1. The molecule has 0 aliphatic carbocycles. The van der Waals surface area contributed by atoms with Gasteiger partial charge in [0.05, 0.1) is 5.02 Å². The largest absolute Gasteiger partial charge is 0.299 e. The van der Waals surface area contributed by atoms with Gasteiger partial charge in [-0.3, -0.25) is 4.90 Å². The van der Waals surface area contributed by atoms with Crippen molar-refractivity contribution in [1.82, 2.24) is 14.6 Å². The summed E-state index contributed by atoms with van der Waals surface area (Å²) in [6.07, 6.45) is 4.81. The van der Waals surface area contributed by atoms with E-state index in [9.17, 15) is 8.42 Å². The standard InChI is InChI=1S/C13H19Cl2N3O2S/c1-10(18-5-3-2-4-6-18)8-17-21(19,20)11-7-12(14)13(15)16-9-11/h7,9-10,17H,2-6,8H2,1H3. The van der Waals surface area contributed by atoms with Gasteiger partial charge in [-0.15, -0.1) is 0 Å². The Morgan fingerprint density at radius 2 is 2.00 bits per heavy atom. The van der Waals surface area contributed by atoms with Crippen LogP contribution >= 0.6 is 23.2 Å². The molecule has 0 radical (unpaired) electrons. The molecule has 1 fully saturated rings. The molecule has 0 spiro atoms. The molecule has 118 valence electrons. The molecule has 8 heteroatoms. The predicted molar refractivity (Wildman–Crippen MR) is 84.3 cm³/mol. The molecule has 1 atom stereocenters. The highest BCUT2D eigenvalue weighted by Crippen LogP contribution is 2.22. The van der Waals surface area contributed by atoms with Gasteiger partial charge in [-0.25, -0.2) is 18.1 Å². The average molecular weight is 352 g/mol. The van der Waals surface area contributed by atoms with Crippen LogP contribution in [0.4, 0.5) is 0 Å². The van der Waals surface area contributed by atoms with E-state index in [-0.39, 0.29) is 21.1 Å². The molecule has 2 rings (SSSR count). The number of halogens is 2. The second-order valence-electron chi connectivity index (χ2n) is 5.24. The molecule has 5 nitrogen and oxygen atoms in total. The summed E-state index contributed by atoms with van der Waals surface area (Å²) in [6.45, 7) is 4.44. The second kappa shape index (κ2) is 7.24. The van der Waals surface area contributed by atoms with Crippen LogP contribution in [-0.2, 0) is 10.0 Å². The van der Waals surface area contributed by atoms with Crippen molar-refractivity contribution in [2.75, 3.05) is 19.6 Å². The van der Waals surface area contributed by atoms with E-state index in [1.165, 1.54) is 31.5 Å². The first-order valence-corrected chi connectivity index (χ1v) is 9.19. The van der Waals surface area contributed by atoms with Gasteiger partial charge >= 0.3 is 0 Å². The highest BCUT2D eigenvalue weighted by Gasteiger charge is 2.21. The zero-order valence-electron chi connectivity index (χ0n) is 11.8. The van der Waals surface area contributed by atoms with Crippen LogP contribution in [0.3, 0.4) is 0 Å². The lowest BCUT2D eigenvalue weighted by Crippen LogP contribution is -2.44. The monoisotopic (exact) mass is 351 g/mol. The lowest BCUT2D eigenvalue weighted by Gasteiger charge is -2.32. The van der Waals surface area contributed by atoms with Crippen LogP contribution in [0.1, 0.15) is 26.2 Å². The Labute approximate surface area is 135 Å². The van der Waals surface area contributed by atoms with E-state index >= 15 is 0 Å². The Morgan fingerprint density at radius 3 is 2.62 bits per heavy atom. The third-order valence-corrected chi connectivity index (χ3v) is 5.74. The van der Waals surface area contributed by atoms with Crippen LogP contribution < -0.4 is 4.72 Å². The molecule has 1 aromatic heterocycles. The fourth-order valence-corrected chi connectivity index (χ4v) is 3.78. The number of hydrogen-bond donors (Lipinski definition) is 1. The zero-order chi connectivity index (χ0) is 15.5. The first-order valence-electron chi connectivity index (χ1n) is 6.95. The van der Waals surface area contributed by atoms with Crippen molar-refractivity contribution in [3.05, 3.63) is 22.4 Å². The molecule has 21 heavy (non-hydrogen) atoms. The van der Waals surface area contributed by atoms with E-state index in [4.69, 9.17) is 23.2 Å². The number of hydrogen-bond acceptors (Lipinski definition) is 4. The number of piperidine rings is 1. The molecule has 0 aromatic carbocycles. The fraction of sp³-hybridized carbons (Fsp3) is 0.615. The van der Waals surface area contributed by atoms with Crippen LogP contribution in [0.2, 0.25) is 10.2 Å². The van der Waals surface area contributed by atoms with Crippen molar-refractivity contribution in [3.8, 4) is 0 Å². The minimum absolute atomic E-state index is 0.0303. The van der Waals surface area contributed by atoms with Crippen LogP contribution in [-0.4, -0.2) is 44.0 Å². The quantitative estimate of drug-likeness (QED) is 0.828. The summed E-state index contributed by atoms with van der Waals surface area (Å²) in [5.74, 6) is 0. The predicted octanol–water partition coefficient (Wildman–Crippen LogP) is 2.54. The molecule has 2 heterocycles. The molecule has 1 unspecified atom stereocenters. The minimum atomic E-state index is -3.62. The summed E-state index contributed by atoms with van der Waals surface area (Å²) < 4.78 is 27.0. The lowest BCUT2D eigenvalue weighted by atomic mass is 10.1. The van der Waals surface area contributed by atoms with Gasteiger partial charge in [0.1, 0.15) is 10.0 Å². The van der Waals surface area contributed by atoms with Gasteiger partial charge in [0.25, 0.3) is 0 Å². The van der Waals surface area contributed by atoms with Crippen molar-refractivity contribution in [3.63, 3.8) is 0 Å².